The smallest absolute Gasteiger partial charge is 0.329 e. The Kier molecular flexibility index (Phi) is 25.9. The van der Waals surface area contributed by atoms with Crippen molar-refractivity contribution in [1.82, 2.24) is 15.6 Å². The molecule has 4 N–H and O–H groups in total. The van der Waals surface area contributed by atoms with E-state index in [1.807, 2.05) is 31.2 Å². The number of aliphatic hydroxyl groups is 2. The number of allylic oxidation sites excluding steroid dienone is 12. The van der Waals surface area contributed by atoms with E-state index in [2.05, 4.69) is 83.3 Å². The molecule has 1 atom stereocenters. The molecule has 9 nitrogen and oxygen atoms in total. The van der Waals surface area contributed by atoms with E-state index < -0.39 is 31.3 Å². The Balaban J connectivity index is 2.29. The Morgan fingerprint density at radius 3 is 1.90 bits per heavy atom. The lowest BCUT2D eigenvalue weighted by atomic mass is 10.1. The van der Waals surface area contributed by atoms with Gasteiger partial charge in [0.2, 0.25) is 11.8 Å². The summed E-state index contributed by atoms with van der Waals surface area (Å²) in [5.41, 5.74) is 1.74. The topological polar surface area (TPSA) is 138 Å². The zero-order valence-electron chi connectivity index (χ0n) is 29.3. The molecule has 0 aliphatic carbocycles. The summed E-state index contributed by atoms with van der Waals surface area (Å²) < 4.78 is 5.13. The van der Waals surface area contributed by atoms with Gasteiger partial charge in [0.25, 0.3) is 0 Å². The lowest BCUT2D eigenvalue weighted by Crippen LogP contribution is -2.44. The molecule has 0 aromatic carbocycles. The van der Waals surface area contributed by atoms with Crippen LogP contribution in [0, 0.1) is 6.92 Å². The van der Waals surface area contributed by atoms with Gasteiger partial charge in [-0.25, -0.2) is 4.79 Å². The molecule has 0 aliphatic rings. The zero-order valence-corrected chi connectivity index (χ0v) is 29.3. The average Bonchev–Trinajstić information content (AvgIpc) is 3.10. The molecule has 268 valence electrons. The van der Waals surface area contributed by atoms with Gasteiger partial charge < -0.3 is 25.6 Å². The van der Waals surface area contributed by atoms with E-state index >= 15 is 0 Å². The Bertz CT molecular complexity index is 1260. The number of pyridine rings is 1. The molecule has 0 aliphatic heterocycles. The third-order valence-corrected chi connectivity index (χ3v) is 6.98. The lowest BCUT2D eigenvalue weighted by Gasteiger charge is -2.20. The van der Waals surface area contributed by atoms with Crippen LogP contribution in [0.4, 0.5) is 0 Å². The van der Waals surface area contributed by atoms with Crippen LogP contribution in [-0.2, 0) is 19.1 Å². The van der Waals surface area contributed by atoms with Crippen LogP contribution < -0.4 is 10.6 Å². The number of carbonyl (C=O) groups is 3. The summed E-state index contributed by atoms with van der Waals surface area (Å²) in [5, 5.41) is 24.1. The summed E-state index contributed by atoms with van der Waals surface area (Å²) >= 11 is 0. The Morgan fingerprint density at radius 2 is 1.37 bits per heavy atom. The second kappa shape index (κ2) is 29.8. The van der Waals surface area contributed by atoms with Crippen LogP contribution >= 0.6 is 0 Å². The molecule has 0 bridgehead atoms. The van der Waals surface area contributed by atoms with Gasteiger partial charge in [0.1, 0.15) is 12.1 Å². The van der Waals surface area contributed by atoms with E-state index in [0.717, 1.165) is 49.8 Å². The average molecular weight is 676 g/mol. The van der Waals surface area contributed by atoms with Crippen molar-refractivity contribution >= 4 is 23.9 Å². The van der Waals surface area contributed by atoms with E-state index in [9.17, 15) is 24.6 Å². The van der Waals surface area contributed by atoms with Gasteiger partial charge in [-0.2, -0.15) is 0 Å². The highest BCUT2D eigenvalue weighted by Crippen LogP contribution is 2.06. The number of nitrogens with zero attached hydrogens (tertiary/aromatic N) is 1. The van der Waals surface area contributed by atoms with E-state index in [4.69, 9.17) is 4.74 Å². The van der Waals surface area contributed by atoms with Crippen LogP contribution in [0.2, 0.25) is 0 Å². The van der Waals surface area contributed by atoms with Crippen LogP contribution in [0.5, 0.6) is 0 Å². The van der Waals surface area contributed by atoms with Gasteiger partial charge in [0, 0.05) is 31.3 Å². The summed E-state index contributed by atoms with van der Waals surface area (Å²) in [4.78, 5) is 41.7. The van der Waals surface area contributed by atoms with Crippen molar-refractivity contribution in [3.8, 4) is 0 Å². The molecule has 0 fully saturated rings. The number of esters is 1. The van der Waals surface area contributed by atoms with Crippen LogP contribution in [0.1, 0.15) is 88.8 Å². The molecule has 9 heteroatoms. The fourth-order valence-corrected chi connectivity index (χ4v) is 4.24. The summed E-state index contributed by atoms with van der Waals surface area (Å²) in [7, 11) is 0. The van der Waals surface area contributed by atoms with Gasteiger partial charge >= 0.3 is 5.97 Å². The second-order valence-electron chi connectivity index (χ2n) is 11.3. The number of rotatable bonds is 26. The van der Waals surface area contributed by atoms with Crippen LogP contribution in [0.15, 0.2) is 97.3 Å². The van der Waals surface area contributed by atoms with Crippen molar-refractivity contribution in [3.63, 3.8) is 0 Å². The van der Waals surface area contributed by atoms with Crippen molar-refractivity contribution in [1.29, 1.82) is 0 Å². The highest BCUT2D eigenvalue weighted by Gasteiger charge is 2.24. The number of aromatic nitrogens is 1. The number of hydrogen-bond acceptors (Lipinski definition) is 7. The minimum absolute atomic E-state index is 0.0341. The Labute approximate surface area is 293 Å². The predicted molar refractivity (Wildman–Crippen MR) is 198 cm³/mol. The first kappa shape index (κ1) is 42.7. The molecule has 0 spiro atoms. The molecule has 0 saturated heterocycles. The highest BCUT2D eigenvalue weighted by atomic mass is 16.6. The highest BCUT2D eigenvalue weighted by molar-refractivity contribution is 5.85. The number of nitrogens with one attached hydrogen (secondary N) is 2. The third kappa shape index (κ3) is 24.5. The van der Waals surface area contributed by atoms with Gasteiger partial charge in [0.05, 0.1) is 13.2 Å². The van der Waals surface area contributed by atoms with Gasteiger partial charge in [-0.1, -0.05) is 98.1 Å². The number of aliphatic hydroxyl groups excluding tert-OH is 2. The fourth-order valence-electron chi connectivity index (χ4n) is 4.24. The second-order valence-corrected chi connectivity index (χ2v) is 11.3. The number of ether oxygens (including phenoxy) is 1. The predicted octanol–water partition coefficient (Wildman–Crippen LogP) is 6.55. The SMILES string of the molecule is CCC=CCC=CCC=CCC=CCC=CCC=CCCC(=O)NCCC[C@H](NC(=O)CC=Cc1ccc(C)nc1)C(=O)OC(CO)CO. The van der Waals surface area contributed by atoms with Gasteiger partial charge in [-0.15, -0.1) is 0 Å². The Morgan fingerprint density at radius 1 is 0.796 bits per heavy atom. The Hall–Kier alpha value is -4.34. The number of carbonyl (C=O) groups excluding carboxylic acids is 3. The molecule has 0 saturated carbocycles. The van der Waals surface area contributed by atoms with Crippen molar-refractivity contribution in [2.75, 3.05) is 19.8 Å². The molecular formula is C40H57N3O6. The molecule has 1 heterocycles. The summed E-state index contributed by atoms with van der Waals surface area (Å²) in [5.74, 6) is -1.24. The van der Waals surface area contributed by atoms with Crippen molar-refractivity contribution < 1.29 is 29.3 Å². The van der Waals surface area contributed by atoms with Crippen LogP contribution in [-0.4, -0.2) is 64.9 Å². The van der Waals surface area contributed by atoms with E-state index in [1.165, 1.54) is 0 Å². The monoisotopic (exact) mass is 675 g/mol. The standard InChI is InChI=1S/C40H57N3O6/c1-3-4-5-6-7-8-9-10-11-12-13-14-15-16-17-18-19-20-21-26-38(46)41-30-23-25-37(40(48)49-36(32-44)33-45)43-39(47)27-22-24-35-29-28-34(2)42-31-35/h4-5,7-8,10-11,13-14,16-17,19-20,22,24,28-29,31,36-37,44-45H,3,6,9,12,15,18,21,23,25-27,30,32-33H2,1-2H3,(H,41,46)(H,43,47)/t37-/m0/s1. The number of aryl methyl sites for hydroxylation is 1. The minimum atomic E-state index is -1.07. The van der Waals surface area contributed by atoms with Crippen LogP contribution in [0.25, 0.3) is 6.08 Å². The third-order valence-electron chi connectivity index (χ3n) is 6.98. The van der Waals surface area contributed by atoms with Gasteiger partial charge in [-0.05, 0) is 76.3 Å². The summed E-state index contributed by atoms with van der Waals surface area (Å²) in [6.45, 7) is 3.27. The molecule has 1 aromatic rings. The van der Waals surface area contributed by atoms with E-state index in [-0.39, 0.29) is 24.7 Å². The van der Waals surface area contributed by atoms with E-state index in [0.29, 0.717) is 25.8 Å². The maximum absolute atomic E-state index is 12.7. The largest absolute Gasteiger partial charge is 0.456 e. The van der Waals surface area contributed by atoms with Gasteiger partial charge in [0.15, 0.2) is 0 Å². The van der Waals surface area contributed by atoms with Gasteiger partial charge in [-0.3, -0.25) is 14.6 Å². The van der Waals surface area contributed by atoms with Crippen molar-refractivity contribution in [2.45, 2.75) is 96.6 Å². The van der Waals surface area contributed by atoms with Crippen LogP contribution in [0.3, 0.4) is 0 Å². The molecule has 1 rings (SSSR count). The minimum Gasteiger partial charge on any atom is -0.456 e. The maximum Gasteiger partial charge on any atom is 0.329 e. The van der Waals surface area contributed by atoms with Crippen molar-refractivity contribution in [2.24, 2.45) is 0 Å². The number of hydrogen-bond donors (Lipinski definition) is 4. The molecule has 49 heavy (non-hydrogen) atoms. The zero-order chi connectivity index (χ0) is 35.8. The maximum atomic E-state index is 12.7. The molecular weight excluding hydrogens is 618 g/mol. The molecule has 0 radical (unpaired) electrons. The quantitative estimate of drug-likeness (QED) is 0.0497. The first-order valence-corrected chi connectivity index (χ1v) is 17.4. The first-order valence-electron chi connectivity index (χ1n) is 17.4. The van der Waals surface area contributed by atoms with Crippen molar-refractivity contribution in [3.05, 3.63) is 109 Å². The fraction of sp³-hybridized carbons (Fsp3) is 0.450. The first-order chi connectivity index (χ1) is 23.9. The van der Waals surface area contributed by atoms with E-state index in [1.54, 1.807) is 18.3 Å². The molecule has 0 unspecified atom stereocenters. The molecule has 2 amide bonds. The number of amides is 2. The lowest BCUT2D eigenvalue weighted by molar-refractivity contribution is -0.157. The summed E-state index contributed by atoms with van der Waals surface area (Å²) in [6.07, 6.45) is 37.1. The normalized spacial score (nSPS) is 13.0. The summed E-state index contributed by atoms with van der Waals surface area (Å²) in [6, 6.07) is 2.77. The molecule has 1 aromatic heterocycles.